The summed E-state index contributed by atoms with van der Waals surface area (Å²) in [6, 6.07) is 4.68. The lowest BCUT2D eigenvalue weighted by Crippen LogP contribution is -2.56. The molecule has 0 spiro atoms. The van der Waals surface area contributed by atoms with Crippen molar-refractivity contribution in [1.29, 1.82) is 0 Å². The number of urea groups is 1. The van der Waals surface area contributed by atoms with Gasteiger partial charge in [0.25, 0.3) is 5.91 Å². The van der Waals surface area contributed by atoms with E-state index in [2.05, 4.69) is 42.7 Å². The highest BCUT2D eigenvalue weighted by Crippen LogP contribution is 2.49. The van der Waals surface area contributed by atoms with E-state index in [1.165, 1.54) is 4.80 Å². The van der Waals surface area contributed by atoms with Crippen LogP contribution in [0.5, 0.6) is 5.75 Å². The lowest BCUT2D eigenvalue weighted by molar-refractivity contribution is -0.136. The van der Waals surface area contributed by atoms with Crippen LogP contribution in [0.3, 0.4) is 0 Å². The molecule has 0 bridgehead atoms. The molecule has 17 heteroatoms. The zero-order valence-corrected chi connectivity index (χ0v) is 29.5. The maximum Gasteiger partial charge on any atom is 0.315 e. The van der Waals surface area contributed by atoms with Crippen LogP contribution in [-0.2, 0) is 24.4 Å². The van der Waals surface area contributed by atoms with E-state index in [4.69, 9.17) is 4.74 Å². The van der Waals surface area contributed by atoms with Crippen molar-refractivity contribution >= 4 is 33.7 Å². The lowest BCUT2D eigenvalue weighted by atomic mass is 9.77. The van der Waals surface area contributed by atoms with Crippen molar-refractivity contribution in [3.8, 4) is 17.1 Å². The number of alkyl halides is 1. The van der Waals surface area contributed by atoms with E-state index in [1.54, 1.807) is 58.2 Å². The fourth-order valence-electron chi connectivity index (χ4n) is 6.61. The Labute approximate surface area is 290 Å². The standard InChI is InChI=1S/C33H45FN8O7S/c1-6-7-20-18-33(20,30(45)40-50(47,48)23-12-13-23)37-29(44)25-17-21(42-39-28(38-41-42)19-8-10-22(49-5)11-9-19)16-24(25)26(43)27(32(2,3)4)36-31(46)35-15-14-34/h6,8-11,20-21,23-25,27H,1,7,12-18H2,2-5H3,(H,37,44)(H,40,45)(H2,35,36,46)/t20-,21+,24?,25-,27?,33+/m1/s1. The molecule has 0 aliphatic heterocycles. The van der Waals surface area contributed by atoms with Crippen LogP contribution in [-0.4, -0.2) is 89.4 Å². The van der Waals surface area contributed by atoms with E-state index in [9.17, 15) is 32.0 Å². The summed E-state index contributed by atoms with van der Waals surface area (Å²) in [5.74, 6) is -3.25. The highest BCUT2D eigenvalue weighted by Gasteiger charge is 2.62. The van der Waals surface area contributed by atoms with E-state index in [-0.39, 0.29) is 25.8 Å². The van der Waals surface area contributed by atoms with Crippen molar-refractivity contribution < 1.29 is 36.7 Å². The molecular formula is C33H45FN8O7S. The van der Waals surface area contributed by atoms with Gasteiger partial charge in [-0.1, -0.05) is 26.8 Å². The molecule has 1 aromatic carbocycles. The Kier molecular flexibility index (Phi) is 10.6. The molecule has 4 N–H and O–H groups in total. The predicted molar refractivity (Wildman–Crippen MR) is 180 cm³/mol. The Bertz CT molecular complexity index is 1720. The van der Waals surface area contributed by atoms with Crippen molar-refractivity contribution in [2.24, 2.45) is 23.2 Å². The summed E-state index contributed by atoms with van der Waals surface area (Å²) >= 11 is 0. The van der Waals surface area contributed by atoms with Gasteiger partial charge in [0.15, 0.2) is 5.78 Å². The van der Waals surface area contributed by atoms with Crippen LogP contribution in [0.2, 0.25) is 0 Å². The Morgan fingerprint density at radius 1 is 1.14 bits per heavy atom. The van der Waals surface area contributed by atoms with Crippen LogP contribution in [0, 0.1) is 23.2 Å². The first-order valence-corrected chi connectivity index (χ1v) is 18.2. The number of nitrogens with zero attached hydrogens (tertiary/aromatic N) is 4. The summed E-state index contributed by atoms with van der Waals surface area (Å²) in [6.45, 7) is 7.98. The van der Waals surface area contributed by atoms with Crippen LogP contribution in [0.1, 0.15) is 65.3 Å². The minimum absolute atomic E-state index is 0.0930. The van der Waals surface area contributed by atoms with Gasteiger partial charge >= 0.3 is 6.03 Å². The molecular weight excluding hydrogens is 671 g/mol. The second kappa shape index (κ2) is 14.4. The van der Waals surface area contributed by atoms with Crippen LogP contribution in [0.25, 0.3) is 11.4 Å². The second-order valence-corrected chi connectivity index (χ2v) is 16.3. The third-order valence-corrected chi connectivity index (χ3v) is 11.5. The number of Topliss-reactive ketones (excluding diaryl/α,β-unsaturated/α-hetero) is 1. The zero-order chi connectivity index (χ0) is 36.4. The second-order valence-electron chi connectivity index (χ2n) is 14.4. The molecule has 2 aromatic rings. The smallest absolute Gasteiger partial charge is 0.315 e. The highest BCUT2D eigenvalue weighted by molar-refractivity contribution is 7.91. The average Bonchev–Trinajstić information content (AvgIpc) is 3.94. The summed E-state index contributed by atoms with van der Waals surface area (Å²) in [6.07, 6.45) is 3.27. The number of ether oxygens (including phenoxy) is 1. The Balaban J connectivity index is 1.43. The summed E-state index contributed by atoms with van der Waals surface area (Å²) in [7, 11) is -2.34. The molecule has 50 heavy (non-hydrogen) atoms. The molecule has 1 heterocycles. The number of carbonyl (C=O) groups excluding carboxylic acids is 4. The topological polar surface area (TPSA) is 203 Å². The molecule has 3 saturated carbocycles. The van der Waals surface area contributed by atoms with Crippen molar-refractivity contribution in [1.82, 2.24) is 40.9 Å². The van der Waals surface area contributed by atoms with Crippen molar-refractivity contribution in [2.45, 2.75) is 82.2 Å². The van der Waals surface area contributed by atoms with Gasteiger partial charge < -0.3 is 20.7 Å². The van der Waals surface area contributed by atoms with Gasteiger partial charge in [-0.15, -0.1) is 16.8 Å². The van der Waals surface area contributed by atoms with E-state index in [0.29, 0.717) is 36.4 Å². The Morgan fingerprint density at radius 2 is 1.82 bits per heavy atom. The molecule has 15 nitrogen and oxygen atoms in total. The van der Waals surface area contributed by atoms with E-state index >= 15 is 0 Å². The fraction of sp³-hybridized carbons (Fsp3) is 0.606. The third-order valence-electron chi connectivity index (χ3n) is 9.66. The molecule has 3 aliphatic carbocycles. The highest BCUT2D eigenvalue weighted by atomic mass is 32.2. The Morgan fingerprint density at radius 3 is 2.42 bits per heavy atom. The number of ketones is 1. The van der Waals surface area contributed by atoms with Gasteiger partial charge in [-0.2, -0.15) is 4.80 Å². The average molecular weight is 717 g/mol. The normalized spacial score (nSPS) is 25.2. The zero-order valence-electron chi connectivity index (χ0n) is 28.6. The molecule has 272 valence electrons. The number of halogens is 1. The SMILES string of the molecule is C=CC[C@@H]1C[C@@]1(NC(=O)[C@@H]1C[C@@H](n2nnc(-c3ccc(OC)cc3)n2)CC1C(=O)C(NC(=O)NCCF)C(C)(C)C)C(=O)NS(=O)(=O)C1CC1. The number of rotatable bonds is 15. The van der Waals surface area contributed by atoms with Crippen LogP contribution in [0.4, 0.5) is 9.18 Å². The number of hydrogen-bond acceptors (Lipinski definition) is 10. The number of hydrogen-bond donors (Lipinski definition) is 4. The maximum absolute atomic E-state index is 14.4. The van der Waals surface area contributed by atoms with Crippen LogP contribution >= 0.6 is 0 Å². The molecule has 5 rings (SSSR count). The van der Waals surface area contributed by atoms with Crippen molar-refractivity contribution in [2.75, 3.05) is 20.3 Å². The maximum atomic E-state index is 14.4. The third kappa shape index (κ3) is 7.97. The minimum atomic E-state index is -3.90. The van der Waals surface area contributed by atoms with Crippen LogP contribution in [0.15, 0.2) is 36.9 Å². The molecule has 4 amide bonds. The summed E-state index contributed by atoms with van der Waals surface area (Å²) < 4.78 is 45.5. The number of carbonyl (C=O) groups is 4. The number of aromatic nitrogens is 4. The summed E-state index contributed by atoms with van der Waals surface area (Å²) in [5, 5.41) is 20.2. The summed E-state index contributed by atoms with van der Waals surface area (Å²) in [5.41, 5.74) is -1.63. The Hall–Kier alpha value is -4.41. The summed E-state index contributed by atoms with van der Waals surface area (Å²) in [4.78, 5) is 56.1. The van der Waals surface area contributed by atoms with Gasteiger partial charge in [-0.25, -0.2) is 17.6 Å². The first-order chi connectivity index (χ1) is 23.6. The predicted octanol–water partition coefficient (Wildman–Crippen LogP) is 2.23. The van der Waals surface area contributed by atoms with E-state index in [0.717, 1.165) is 0 Å². The van der Waals surface area contributed by atoms with Gasteiger partial charge in [0.05, 0.1) is 24.4 Å². The molecule has 0 saturated heterocycles. The van der Waals surface area contributed by atoms with Gasteiger partial charge in [-0.05, 0) is 79.3 Å². The molecule has 3 fully saturated rings. The number of amides is 4. The molecule has 3 aliphatic rings. The number of tetrazole rings is 1. The number of sulfonamides is 1. The quantitative estimate of drug-likeness (QED) is 0.198. The van der Waals surface area contributed by atoms with Crippen LogP contribution < -0.4 is 25.4 Å². The van der Waals surface area contributed by atoms with Gasteiger partial charge in [0.1, 0.15) is 18.0 Å². The number of allylic oxidation sites excluding steroid dienone is 1. The minimum Gasteiger partial charge on any atom is -0.497 e. The lowest BCUT2D eigenvalue weighted by Gasteiger charge is -2.33. The van der Waals surface area contributed by atoms with E-state index in [1.807, 2.05) is 0 Å². The van der Waals surface area contributed by atoms with Crippen molar-refractivity contribution in [3.05, 3.63) is 36.9 Å². The number of benzene rings is 1. The number of nitrogens with one attached hydrogen (secondary N) is 4. The molecule has 6 atom stereocenters. The molecule has 2 unspecified atom stereocenters. The van der Waals surface area contributed by atoms with Gasteiger partial charge in [0, 0.05) is 23.9 Å². The van der Waals surface area contributed by atoms with Crippen molar-refractivity contribution in [3.63, 3.8) is 0 Å². The van der Waals surface area contributed by atoms with E-state index < -0.39 is 86.4 Å². The number of methoxy groups -OCH3 is 1. The van der Waals surface area contributed by atoms with Gasteiger partial charge in [0.2, 0.25) is 21.8 Å². The monoisotopic (exact) mass is 716 g/mol. The first kappa shape index (κ1) is 36.9. The first-order valence-electron chi connectivity index (χ1n) is 16.7. The molecule has 0 radical (unpaired) electrons. The van der Waals surface area contributed by atoms with Gasteiger partial charge in [-0.3, -0.25) is 19.1 Å². The largest absolute Gasteiger partial charge is 0.497 e. The fourth-order valence-corrected chi connectivity index (χ4v) is 7.97. The molecule has 1 aromatic heterocycles.